The maximum absolute atomic E-state index is 13.7. The van der Waals surface area contributed by atoms with E-state index < -0.39 is 0 Å². The molecule has 0 aliphatic carbocycles. The highest BCUT2D eigenvalue weighted by Gasteiger charge is 2.08. The second-order valence-electron chi connectivity index (χ2n) is 3.63. The molecule has 0 atom stereocenters. The van der Waals surface area contributed by atoms with Gasteiger partial charge in [0.25, 0.3) is 0 Å². The van der Waals surface area contributed by atoms with Crippen molar-refractivity contribution in [3.05, 3.63) is 39.8 Å². The van der Waals surface area contributed by atoms with E-state index in [9.17, 15) is 4.39 Å². The van der Waals surface area contributed by atoms with Crippen LogP contribution in [0.1, 0.15) is 10.4 Å². The van der Waals surface area contributed by atoms with Gasteiger partial charge in [-0.3, -0.25) is 0 Å². The van der Waals surface area contributed by atoms with Gasteiger partial charge < -0.3 is 5.73 Å². The Morgan fingerprint density at radius 2 is 1.93 bits per heavy atom. The summed E-state index contributed by atoms with van der Waals surface area (Å²) < 4.78 is 13.7. The van der Waals surface area contributed by atoms with E-state index in [2.05, 4.69) is 0 Å². The fourth-order valence-corrected chi connectivity index (χ4v) is 2.20. The van der Waals surface area contributed by atoms with E-state index in [1.165, 1.54) is 10.9 Å². The first-order valence-corrected chi connectivity index (χ1v) is 5.57. The first kappa shape index (κ1) is 10.2. The minimum absolute atomic E-state index is 0.209. The van der Waals surface area contributed by atoms with E-state index in [1.54, 1.807) is 24.3 Å². The van der Waals surface area contributed by atoms with E-state index in [-0.39, 0.29) is 5.82 Å². The number of anilines is 1. The van der Waals surface area contributed by atoms with Crippen LogP contribution in [0.25, 0.3) is 11.1 Å². The molecule has 2 aromatic rings. The van der Waals surface area contributed by atoms with Crippen LogP contribution in [0.4, 0.5) is 10.1 Å². The third kappa shape index (κ3) is 1.88. The molecule has 0 radical (unpaired) electrons. The van der Waals surface area contributed by atoms with Gasteiger partial charge in [-0.25, -0.2) is 4.39 Å². The molecule has 2 N–H and O–H groups in total. The first-order chi connectivity index (χ1) is 7.08. The van der Waals surface area contributed by atoms with Crippen LogP contribution in [0.2, 0.25) is 0 Å². The van der Waals surface area contributed by atoms with E-state index in [4.69, 9.17) is 5.73 Å². The highest BCUT2D eigenvalue weighted by Crippen LogP contribution is 2.30. The Kier molecular flexibility index (Phi) is 2.49. The lowest BCUT2D eigenvalue weighted by atomic mass is 10.0. The van der Waals surface area contributed by atoms with Crippen molar-refractivity contribution in [2.75, 3.05) is 5.73 Å². The third-order valence-corrected chi connectivity index (χ3v) is 3.26. The number of hydrogen-bond acceptors (Lipinski definition) is 2. The van der Waals surface area contributed by atoms with E-state index in [0.29, 0.717) is 11.3 Å². The highest BCUT2D eigenvalue weighted by molar-refractivity contribution is 7.10. The lowest BCUT2D eigenvalue weighted by Crippen LogP contribution is -1.93. The zero-order valence-corrected chi connectivity index (χ0v) is 9.49. The van der Waals surface area contributed by atoms with Crippen molar-refractivity contribution in [2.24, 2.45) is 0 Å². The zero-order chi connectivity index (χ0) is 11.0. The van der Waals surface area contributed by atoms with Crippen LogP contribution in [-0.4, -0.2) is 0 Å². The Balaban J connectivity index is 2.58. The third-order valence-electron chi connectivity index (χ3n) is 2.40. The van der Waals surface area contributed by atoms with Gasteiger partial charge in [-0.15, -0.1) is 11.3 Å². The summed E-state index contributed by atoms with van der Waals surface area (Å²) in [4.78, 5) is 1.17. The number of nitrogens with two attached hydrogens (primary N) is 1. The van der Waals surface area contributed by atoms with Gasteiger partial charge in [0.2, 0.25) is 0 Å². The van der Waals surface area contributed by atoms with Crippen LogP contribution in [0.15, 0.2) is 23.6 Å². The van der Waals surface area contributed by atoms with Gasteiger partial charge >= 0.3 is 0 Å². The molecule has 1 aromatic carbocycles. The minimum Gasteiger partial charge on any atom is -0.398 e. The number of benzene rings is 1. The van der Waals surface area contributed by atoms with Crippen molar-refractivity contribution in [2.45, 2.75) is 13.8 Å². The van der Waals surface area contributed by atoms with Gasteiger partial charge in [0.15, 0.2) is 0 Å². The highest BCUT2D eigenvalue weighted by atomic mass is 32.1. The van der Waals surface area contributed by atoms with Crippen LogP contribution in [0.3, 0.4) is 0 Å². The molecule has 3 heteroatoms. The average Bonchev–Trinajstić information content (AvgIpc) is 2.58. The Bertz CT molecular complexity index is 502. The van der Waals surface area contributed by atoms with Crippen molar-refractivity contribution >= 4 is 17.0 Å². The molecule has 0 amide bonds. The van der Waals surface area contributed by atoms with Crippen LogP contribution in [0.5, 0.6) is 0 Å². The lowest BCUT2D eigenvalue weighted by Gasteiger charge is -2.05. The molecule has 1 aromatic heterocycles. The van der Waals surface area contributed by atoms with Crippen molar-refractivity contribution in [1.29, 1.82) is 0 Å². The van der Waals surface area contributed by atoms with E-state index in [1.807, 2.05) is 18.4 Å². The zero-order valence-electron chi connectivity index (χ0n) is 8.67. The second kappa shape index (κ2) is 3.66. The van der Waals surface area contributed by atoms with Crippen molar-refractivity contribution in [1.82, 2.24) is 0 Å². The fraction of sp³-hybridized carbons (Fsp3) is 0.167. The molecule has 0 unspecified atom stereocenters. The molecule has 0 saturated heterocycles. The molecule has 15 heavy (non-hydrogen) atoms. The summed E-state index contributed by atoms with van der Waals surface area (Å²) in [5.41, 5.74) is 8.68. The van der Waals surface area contributed by atoms with Crippen molar-refractivity contribution in [3.8, 4) is 11.1 Å². The van der Waals surface area contributed by atoms with Gasteiger partial charge in [-0.2, -0.15) is 0 Å². The summed E-state index contributed by atoms with van der Waals surface area (Å²) >= 11 is 1.61. The van der Waals surface area contributed by atoms with Crippen LogP contribution < -0.4 is 5.73 Å². The molecule has 0 aliphatic rings. The summed E-state index contributed by atoms with van der Waals surface area (Å²) in [7, 11) is 0. The molecular formula is C12H12FNS. The van der Waals surface area contributed by atoms with Gasteiger partial charge in [0, 0.05) is 16.1 Å². The van der Waals surface area contributed by atoms with E-state index in [0.717, 1.165) is 11.1 Å². The molecule has 0 bridgehead atoms. The summed E-state index contributed by atoms with van der Waals surface area (Å²) in [6, 6.07) is 5.15. The van der Waals surface area contributed by atoms with Crippen LogP contribution in [-0.2, 0) is 0 Å². The lowest BCUT2D eigenvalue weighted by molar-refractivity contribution is 0.630. The quantitative estimate of drug-likeness (QED) is 0.729. The fourth-order valence-electron chi connectivity index (χ4n) is 1.50. The number of rotatable bonds is 1. The summed E-state index contributed by atoms with van der Waals surface area (Å²) in [5.74, 6) is -0.209. The van der Waals surface area contributed by atoms with Gasteiger partial charge in [0.1, 0.15) is 5.82 Å². The Hall–Kier alpha value is -1.35. The molecule has 0 fully saturated rings. The largest absolute Gasteiger partial charge is 0.398 e. The van der Waals surface area contributed by atoms with Gasteiger partial charge in [-0.1, -0.05) is 0 Å². The molecule has 78 valence electrons. The number of nitrogen functional groups attached to an aromatic ring is 1. The predicted octanol–water partition coefficient (Wildman–Crippen LogP) is 3.75. The summed E-state index contributed by atoms with van der Waals surface area (Å²) in [6.45, 7) is 3.81. The Morgan fingerprint density at radius 3 is 2.53 bits per heavy atom. The SMILES string of the molecule is Cc1cc(-c2cc(N)c(C)cc2F)cs1. The smallest absolute Gasteiger partial charge is 0.131 e. The molecule has 2 rings (SSSR count). The molecular weight excluding hydrogens is 209 g/mol. The number of halogens is 1. The van der Waals surface area contributed by atoms with Crippen molar-refractivity contribution in [3.63, 3.8) is 0 Å². The van der Waals surface area contributed by atoms with Crippen LogP contribution >= 0.6 is 11.3 Å². The standard InChI is InChI=1S/C12H12FNS/c1-7-3-11(13)10(5-12(7)14)9-4-8(2)15-6-9/h3-6H,14H2,1-2H3. The predicted molar refractivity (Wildman–Crippen MR) is 63.6 cm³/mol. The van der Waals surface area contributed by atoms with Crippen molar-refractivity contribution < 1.29 is 4.39 Å². The van der Waals surface area contributed by atoms with E-state index >= 15 is 0 Å². The van der Waals surface area contributed by atoms with Gasteiger partial charge in [0.05, 0.1) is 0 Å². The maximum atomic E-state index is 13.7. The molecule has 0 spiro atoms. The first-order valence-electron chi connectivity index (χ1n) is 4.69. The number of aryl methyl sites for hydroxylation is 2. The maximum Gasteiger partial charge on any atom is 0.131 e. The molecule has 1 heterocycles. The average molecular weight is 221 g/mol. The minimum atomic E-state index is -0.209. The second-order valence-corrected chi connectivity index (χ2v) is 4.75. The Morgan fingerprint density at radius 1 is 1.20 bits per heavy atom. The molecule has 0 saturated carbocycles. The summed E-state index contributed by atoms with van der Waals surface area (Å²) in [5, 5.41) is 1.95. The summed E-state index contributed by atoms with van der Waals surface area (Å²) in [6.07, 6.45) is 0. The monoisotopic (exact) mass is 221 g/mol. The topological polar surface area (TPSA) is 26.0 Å². The van der Waals surface area contributed by atoms with Gasteiger partial charge in [-0.05, 0) is 48.6 Å². The van der Waals surface area contributed by atoms with Crippen LogP contribution in [0, 0.1) is 19.7 Å². The number of hydrogen-bond donors (Lipinski definition) is 1. The molecule has 0 aliphatic heterocycles. The molecule has 1 nitrogen and oxygen atoms in total. The number of thiophene rings is 1. The Labute approximate surface area is 92.4 Å². The normalized spacial score (nSPS) is 10.6.